The molecular formula is C25H19ClF3N3O3. The molecule has 1 heterocycles. The zero-order valence-electron chi connectivity index (χ0n) is 18.3. The van der Waals surface area contributed by atoms with Crippen molar-refractivity contribution in [1.29, 1.82) is 0 Å². The second kappa shape index (κ2) is 9.34. The predicted octanol–water partition coefficient (Wildman–Crippen LogP) is 5.81. The molecule has 4 rings (SSSR count). The number of benzene rings is 3. The van der Waals surface area contributed by atoms with Crippen LogP contribution in [0.2, 0.25) is 5.02 Å². The number of nitrogens with zero attached hydrogens (tertiary/aromatic N) is 2. The lowest BCUT2D eigenvalue weighted by Gasteiger charge is -2.17. The molecule has 0 saturated heterocycles. The number of aryl methyl sites for hydroxylation is 1. The fourth-order valence-electron chi connectivity index (χ4n) is 3.61. The number of hydrogen-bond acceptors (Lipinski definition) is 4. The van der Waals surface area contributed by atoms with Crippen molar-refractivity contribution in [3.63, 3.8) is 0 Å². The zero-order valence-corrected chi connectivity index (χ0v) is 19.1. The minimum atomic E-state index is -4.65. The van der Waals surface area contributed by atoms with Gasteiger partial charge in [0.1, 0.15) is 18.1 Å². The molecule has 10 heteroatoms. The first-order valence-corrected chi connectivity index (χ1v) is 10.7. The number of amides is 1. The number of carbonyl (C=O) groups is 1. The topological polar surface area (TPSA) is 90.4 Å². The molecule has 1 aromatic heterocycles. The van der Waals surface area contributed by atoms with Gasteiger partial charge in [0.05, 0.1) is 11.3 Å². The largest absolute Gasteiger partial charge is 0.506 e. The van der Waals surface area contributed by atoms with E-state index in [2.05, 4.69) is 5.10 Å². The number of primary amides is 1. The fraction of sp³-hybridized carbons (Fsp3) is 0.120. The number of phenolic OH excluding ortho intramolecular Hbond substituents is 1. The molecule has 3 N–H and O–H groups in total. The lowest BCUT2D eigenvalue weighted by atomic mass is 9.97. The van der Waals surface area contributed by atoms with Crippen LogP contribution in [0.15, 0.2) is 66.7 Å². The lowest BCUT2D eigenvalue weighted by molar-refractivity contribution is -0.141. The first-order valence-electron chi connectivity index (χ1n) is 10.3. The van der Waals surface area contributed by atoms with E-state index in [0.717, 1.165) is 16.3 Å². The molecule has 0 unspecified atom stereocenters. The van der Waals surface area contributed by atoms with Crippen molar-refractivity contribution >= 4 is 17.5 Å². The molecular weight excluding hydrogens is 483 g/mol. The van der Waals surface area contributed by atoms with Gasteiger partial charge in [-0.3, -0.25) is 9.48 Å². The number of aromatic nitrogens is 2. The van der Waals surface area contributed by atoms with Crippen molar-refractivity contribution in [2.75, 3.05) is 0 Å². The summed E-state index contributed by atoms with van der Waals surface area (Å²) < 4.78 is 46.6. The standard InChI is InChI=1S/C25H19ClF3N3O3/c1-32-19(12-21(31-32)25(27,28)29)18-9-10-20(35-13-14-5-7-17(26)8-6-14)22(23(18)33)15-3-2-4-16(11-15)24(30)34/h2-12,33H,13H2,1H3,(H2,30,34). The summed E-state index contributed by atoms with van der Waals surface area (Å²) in [6.45, 7) is 0.127. The maximum absolute atomic E-state index is 13.2. The fourth-order valence-corrected chi connectivity index (χ4v) is 3.73. The molecule has 35 heavy (non-hydrogen) atoms. The van der Waals surface area contributed by atoms with E-state index >= 15 is 0 Å². The highest BCUT2D eigenvalue weighted by molar-refractivity contribution is 6.30. The van der Waals surface area contributed by atoms with Gasteiger partial charge in [-0.25, -0.2) is 0 Å². The van der Waals surface area contributed by atoms with Gasteiger partial charge in [0.25, 0.3) is 0 Å². The summed E-state index contributed by atoms with van der Waals surface area (Å²) in [5.74, 6) is -0.759. The second-order valence-corrected chi connectivity index (χ2v) is 8.17. The number of halogens is 4. The minimum absolute atomic E-state index is 0.0476. The monoisotopic (exact) mass is 501 g/mol. The maximum Gasteiger partial charge on any atom is 0.435 e. The van der Waals surface area contributed by atoms with Gasteiger partial charge >= 0.3 is 6.18 Å². The van der Waals surface area contributed by atoms with Crippen molar-refractivity contribution in [2.45, 2.75) is 12.8 Å². The summed E-state index contributed by atoms with van der Waals surface area (Å²) in [6, 6.07) is 17.0. The van der Waals surface area contributed by atoms with E-state index < -0.39 is 17.8 Å². The zero-order chi connectivity index (χ0) is 25.3. The Morgan fingerprint density at radius 1 is 1.11 bits per heavy atom. The third-order valence-electron chi connectivity index (χ3n) is 5.33. The number of rotatable bonds is 6. The van der Waals surface area contributed by atoms with Gasteiger partial charge in [-0.2, -0.15) is 18.3 Å². The smallest absolute Gasteiger partial charge is 0.435 e. The summed E-state index contributed by atoms with van der Waals surface area (Å²) in [6.07, 6.45) is -4.65. The summed E-state index contributed by atoms with van der Waals surface area (Å²) in [7, 11) is 1.35. The molecule has 0 aliphatic carbocycles. The van der Waals surface area contributed by atoms with Gasteiger partial charge in [-0.05, 0) is 53.6 Å². The summed E-state index contributed by atoms with van der Waals surface area (Å²) in [4.78, 5) is 11.7. The second-order valence-electron chi connectivity index (χ2n) is 7.73. The van der Waals surface area contributed by atoms with Crippen molar-refractivity contribution in [3.8, 4) is 33.9 Å². The van der Waals surface area contributed by atoms with Gasteiger partial charge in [0.15, 0.2) is 5.69 Å². The summed E-state index contributed by atoms with van der Waals surface area (Å²) in [5.41, 5.74) is 6.05. The van der Waals surface area contributed by atoms with Gasteiger partial charge < -0.3 is 15.6 Å². The number of nitrogens with two attached hydrogens (primary N) is 1. The number of alkyl halides is 3. The normalized spacial score (nSPS) is 11.5. The average molecular weight is 502 g/mol. The minimum Gasteiger partial charge on any atom is -0.506 e. The Bertz CT molecular complexity index is 1400. The average Bonchev–Trinajstić information content (AvgIpc) is 3.20. The molecule has 0 atom stereocenters. The first kappa shape index (κ1) is 24.2. The van der Waals surface area contributed by atoms with E-state index in [-0.39, 0.29) is 40.5 Å². The van der Waals surface area contributed by atoms with E-state index in [9.17, 15) is 23.1 Å². The van der Waals surface area contributed by atoms with Crippen LogP contribution in [0.4, 0.5) is 13.2 Å². The third-order valence-corrected chi connectivity index (χ3v) is 5.58. The van der Waals surface area contributed by atoms with Crippen molar-refractivity contribution in [2.24, 2.45) is 12.8 Å². The molecule has 0 fully saturated rings. The van der Waals surface area contributed by atoms with Gasteiger partial charge in [-0.1, -0.05) is 35.9 Å². The maximum atomic E-state index is 13.2. The van der Waals surface area contributed by atoms with Crippen molar-refractivity contribution in [1.82, 2.24) is 9.78 Å². The summed E-state index contributed by atoms with van der Waals surface area (Å²) >= 11 is 5.92. The number of aromatic hydroxyl groups is 1. The molecule has 0 saturated carbocycles. The number of carbonyl (C=O) groups excluding carboxylic acids is 1. The Labute approximate surface area is 203 Å². The van der Waals surface area contributed by atoms with E-state index in [0.29, 0.717) is 10.6 Å². The quantitative estimate of drug-likeness (QED) is 0.349. The highest BCUT2D eigenvalue weighted by Crippen LogP contribution is 2.45. The molecule has 3 aromatic carbocycles. The summed E-state index contributed by atoms with van der Waals surface area (Å²) in [5, 5.41) is 15.3. The van der Waals surface area contributed by atoms with Crippen LogP contribution < -0.4 is 10.5 Å². The van der Waals surface area contributed by atoms with Gasteiger partial charge in [0.2, 0.25) is 5.91 Å². The Hall–Kier alpha value is -3.98. The van der Waals surface area contributed by atoms with Crippen LogP contribution in [0.3, 0.4) is 0 Å². The molecule has 1 amide bonds. The Morgan fingerprint density at radius 3 is 2.46 bits per heavy atom. The van der Waals surface area contributed by atoms with E-state index in [4.69, 9.17) is 22.1 Å². The Balaban J connectivity index is 1.84. The highest BCUT2D eigenvalue weighted by atomic mass is 35.5. The van der Waals surface area contributed by atoms with Crippen molar-refractivity contribution in [3.05, 3.63) is 88.6 Å². The van der Waals surface area contributed by atoms with Gasteiger partial charge in [-0.15, -0.1) is 0 Å². The Kier molecular flexibility index (Phi) is 6.45. The van der Waals surface area contributed by atoms with Crippen LogP contribution in [-0.4, -0.2) is 20.8 Å². The van der Waals surface area contributed by atoms with E-state index in [1.807, 2.05) is 0 Å². The van der Waals surface area contributed by atoms with E-state index in [1.165, 1.54) is 31.3 Å². The molecule has 0 aliphatic heterocycles. The van der Waals surface area contributed by atoms with Crippen LogP contribution in [0.25, 0.3) is 22.4 Å². The van der Waals surface area contributed by atoms with Gasteiger partial charge in [0, 0.05) is 23.2 Å². The van der Waals surface area contributed by atoms with Crippen LogP contribution in [0.5, 0.6) is 11.5 Å². The SMILES string of the molecule is Cn1nc(C(F)(F)F)cc1-c1ccc(OCc2ccc(Cl)cc2)c(-c2cccc(C(N)=O)c2)c1O. The molecule has 0 bridgehead atoms. The van der Waals surface area contributed by atoms with E-state index in [1.54, 1.807) is 36.4 Å². The predicted molar refractivity (Wildman–Crippen MR) is 125 cm³/mol. The number of hydrogen-bond donors (Lipinski definition) is 2. The third kappa shape index (κ3) is 5.09. The van der Waals surface area contributed by atoms with Crippen LogP contribution >= 0.6 is 11.6 Å². The molecule has 6 nitrogen and oxygen atoms in total. The molecule has 4 aromatic rings. The van der Waals surface area contributed by atoms with Crippen LogP contribution in [-0.2, 0) is 19.8 Å². The number of phenols is 1. The lowest BCUT2D eigenvalue weighted by Crippen LogP contribution is -2.10. The molecule has 0 aliphatic rings. The number of ether oxygens (including phenoxy) is 1. The van der Waals surface area contributed by atoms with Crippen LogP contribution in [0, 0.1) is 0 Å². The highest BCUT2D eigenvalue weighted by Gasteiger charge is 2.35. The first-order chi connectivity index (χ1) is 16.5. The van der Waals surface area contributed by atoms with Crippen molar-refractivity contribution < 1.29 is 27.8 Å². The molecule has 180 valence electrons. The Morgan fingerprint density at radius 2 is 1.83 bits per heavy atom. The van der Waals surface area contributed by atoms with Crippen LogP contribution in [0.1, 0.15) is 21.6 Å². The molecule has 0 radical (unpaired) electrons. The molecule has 0 spiro atoms.